The summed E-state index contributed by atoms with van der Waals surface area (Å²) in [5.74, 6) is 2.28. The standard InChI is InChI=1S/C14H26N4/c1-10(2)14(15)13-9-18(11(3)16-13)8-12-5-6-17(4)7-12/h9-10,12,14H,5-8,15H2,1-4H3/t12?,14-/m0/s1. The fourth-order valence-corrected chi connectivity index (χ4v) is 2.67. The molecular weight excluding hydrogens is 224 g/mol. The minimum absolute atomic E-state index is 0.0520. The summed E-state index contributed by atoms with van der Waals surface area (Å²) in [6.45, 7) is 9.86. The Labute approximate surface area is 110 Å². The number of hydrogen-bond donors (Lipinski definition) is 1. The van der Waals surface area contributed by atoms with Crippen LogP contribution >= 0.6 is 0 Å². The lowest BCUT2D eigenvalue weighted by Gasteiger charge is -2.13. The zero-order chi connectivity index (χ0) is 13.3. The quantitative estimate of drug-likeness (QED) is 0.886. The first-order valence-electron chi connectivity index (χ1n) is 6.95. The molecule has 2 atom stereocenters. The minimum Gasteiger partial charge on any atom is -0.334 e. The van der Waals surface area contributed by atoms with E-state index < -0.39 is 0 Å². The topological polar surface area (TPSA) is 47.1 Å². The number of nitrogens with zero attached hydrogens (tertiary/aromatic N) is 3. The van der Waals surface area contributed by atoms with Gasteiger partial charge < -0.3 is 15.2 Å². The van der Waals surface area contributed by atoms with E-state index in [1.807, 2.05) is 0 Å². The van der Waals surface area contributed by atoms with Crippen LogP contribution in [0.3, 0.4) is 0 Å². The van der Waals surface area contributed by atoms with Crippen LogP contribution in [0.15, 0.2) is 6.20 Å². The highest BCUT2D eigenvalue weighted by Gasteiger charge is 2.21. The predicted molar refractivity (Wildman–Crippen MR) is 74.3 cm³/mol. The van der Waals surface area contributed by atoms with Crippen molar-refractivity contribution in [1.82, 2.24) is 14.5 Å². The van der Waals surface area contributed by atoms with Crippen molar-refractivity contribution < 1.29 is 0 Å². The van der Waals surface area contributed by atoms with Gasteiger partial charge in [0.15, 0.2) is 0 Å². The normalized spacial score (nSPS) is 22.9. The second-order valence-corrected chi connectivity index (χ2v) is 6.05. The minimum atomic E-state index is 0.0520. The molecule has 1 aliphatic rings. The molecule has 102 valence electrons. The van der Waals surface area contributed by atoms with E-state index in [4.69, 9.17) is 5.73 Å². The van der Waals surface area contributed by atoms with E-state index in [-0.39, 0.29) is 6.04 Å². The predicted octanol–water partition coefficient (Wildman–Crippen LogP) is 1.80. The highest BCUT2D eigenvalue weighted by atomic mass is 15.1. The molecule has 1 aromatic heterocycles. The molecule has 0 aliphatic carbocycles. The summed E-state index contributed by atoms with van der Waals surface area (Å²) in [7, 11) is 2.20. The van der Waals surface area contributed by atoms with Gasteiger partial charge in [0.2, 0.25) is 0 Å². The van der Waals surface area contributed by atoms with Crippen LogP contribution in [-0.2, 0) is 6.54 Å². The number of nitrogens with two attached hydrogens (primary N) is 1. The van der Waals surface area contributed by atoms with Gasteiger partial charge in [0.1, 0.15) is 5.82 Å². The smallest absolute Gasteiger partial charge is 0.105 e. The Bertz CT molecular complexity index is 396. The number of likely N-dealkylation sites (tertiary alicyclic amines) is 1. The van der Waals surface area contributed by atoms with Crippen LogP contribution in [0.5, 0.6) is 0 Å². The van der Waals surface area contributed by atoms with Gasteiger partial charge in [-0.05, 0) is 38.8 Å². The maximum absolute atomic E-state index is 6.17. The highest BCUT2D eigenvalue weighted by molar-refractivity contribution is 5.08. The zero-order valence-electron chi connectivity index (χ0n) is 12.1. The first-order chi connectivity index (χ1) is 8.47. The van der Waals surface area contributed by atoms with Gasteiger partial charge in [-0.15, -0.1) is 0 Å². The van der Waals surface area contributed by atoms with E-state index in [9.17, 15) is 0 Å². The largest absolute Gasteiger partial charge is 0.334 e. The summed E-state index contributed by atoms with van der Waals surface area (Å²) in [6, 6.07) is 0.0520. The van der Waals surface area contributed by atoms with Crippen LogP contribution in [0.2, 0.25) is 0 Å². The Kier molecular flexibility index (Phi) is 4.07. The monoisotopic (exact) mass is 250 g/mol. The zero-order valence-corrected chi connectivity index (χ0v) is 12.1. The Morgan fingerprint density at radius 1 is 1.50 bits per heavy atom. The molecule has 1 fully saturated rings. The van der Waals surface area contributed by atoms with Gasteiger partial charge in [0.05, 0.1) is 11.7 Å². The third kappa shape index (κ3) is 2.93. The summed E-state index contributed by atoms with van der Waals surface area (Å²) < 4.78 is 2.28. The average Bonchev–Trinajstić information content (AvgIpc) is 2.86. The van der Waals surface area contributed by atoms with Crippen molar-refractivity contribution in [3.8, 4) is 0 Å². The third-order valence-corrected chi connectivity index (χ3v) is 4.00. The van der Waals surface area contributed by atoms with Gasteiger partial charge >= 0.3 is 0 Å². The number of rotatable bonds is 4. The van der Waals surface area contributed by atoms with E-state index in [2.05, 4.69) is 48.5 Å². The van der Waals surface area contributed by atoms with Crippen LogP contribution < -0.4 is 5.73 Å². The van der Waals surface area contributed by atoms with Crippen molar-refractivity contribution in [3.05, 3.63) is 17.7 Å². The molecule has 2 rings (SSSR count). The molecular formula is C14H26N4. The average molecular weight is 250 g/mol. The van der Waals surface area contributed by atoms with E-state index in [0.29, 0.717) is 5.92 Å². The molecule has 1 aliphatic heterocycles. The molecule has 0 spiro atoms. The van der Waals surface area contributed by atoms with Crippen molar-refractivity contribution in [3.63, 3.8) is 0 Å². The van der Waals surface area contributed by atoms with Gasteiger partial charge in [-0.3, -0.25) is 0 Å². The fourth-order valence-electron chi connectivity index (χ4n) is 2.67. The lowest BCUT2D eigenvalue weighted by molar-refractivity contribution is 0.376. The molecule has 2 N–H and O–H groups in total. The number of imidazole rings is 1. The Morgan fingerprint density at radius 3 is 2.78 bits per heavy atom. The van der Waals surface area contributed by atoms with Gasteiger partial charge in [0.25, 0.3) is 0 Å². The van der Waals surface area contributed by atoms with Gasteiger partial charge in [-0.1, -0.05) is 13.8 Å². The number of hydrogen-bond acceptors (Lipinski definition) is 3. The van der Waals surface area contributed by atoms with Crippen molar-refractivity contribution >= 4 is 0 Å². The van der Waals surface area contributed by atoms with E-state index in [1.165, 1.54) is 19.5 Å². The summed E-state index contributed by atoms with van der Waals surface area (Å²) >= 11 is 0. The first kappa shape index (κ1) is 13.6. The number of aryl methyl sites for hydroxylation is 1. The second-order valence-electron chi connectivity index (χ2n) is 6.05. The summed E-state index contributed by atoms with van der Waals surface area (Å²) in [5.41, 5.74) is 7.20. The summed E-state index contributed by atoms with van der Waals surface area (Å²) in [4.78, 5) is 7.02. The molecule has 0 bridgehead atoms. The van der Waals surface area contributed by atoms with Crippen molar-refractivity contribution in [1.29, 1.82) is 0 Å². The van der Waals surface area contributed by atoms with Crippen LogP contribution in [0.1, 0.15) is 37.8 Å². The molecule has 4 nitrogen and oxygen atoms in total. The van der Waals surface area contributed by atoms with E-state index in [1.54, 1.807) is 0 Å². The molecule has 0 amide bonds. The lowest BCUT2D eigenvalue weighted by Crippen LogP contribution is -2.18. The van der Waals surface area contributed by atoms with Gasteiger partial charge in [-0.25, -0.2) is 4.98 Å². The Balaban J connectivity index is 2.05. The second kappa shape index (κ2) is 5.41. The number of aromatic nitrogens is 2. The Morgan fingerprint density at radius 2 is 2.22 bits per heavy atom. The van der Waals surface area contributed by atoms with Gasteiger partial charge in [0, 0.05) is 19.3 Å². The third-order valence-electron chi connectivity index (χ3n) is 4.00. The maximum Gasteiger partial charge on any atom is 0.105 e. The summed E-state index contributed by atoms with van der Waals surface area (Å²) in [6.07, 6.45) is 3.44. The van der Waals surface area contributed by atoms with Crippen molar-refractivity contribution in [2.24, 2.45) is 17.6 Å². The van der Waals surface area contributed by atoms with E-state index in [0.717, 1.165) is 24.0 Å². The van der Waals surface area contributed by atoms with Crippen LogP contribution in [0.25, 0.3) is 0 Å². The molecule has 0 radical (unpaired) electrons. The van der Waals surface area contributed by atoms with Crippen LogP contribution in [0.4, 0.5) is 0 Å². The molecule has 1 saturated heterocycles. The van der Waals surface area contributed by atoms with Gasteiger partial charge in [-0.2, -0.15) is 0 Å². The fraction of sp³-hybridized carbons (Fsp3) is 0.786. The maximum atomic E-state index is 6.17. The summed E-state index contributed by atoms with van der Waals surface area (Å²) in [5, 5.41) is 0. The van der Waals surface area contributed by atoms with Crippen LogP contribution in [0, 0.1) is 18.8 Å². The molecule has 0 saturated carbocycles. The van der Waals surface area contributed by atoms with Crippen LogP contribution in [-0.4, -0.2) is 34.6 Å². The molecule has 18 heavy (non-hydrogen) atoms. The molecule has 1 unspecified atom stereocenters. The molecule has 1 aromatic rings. The SMILES string of the molecule is Cc1nc([C@@H](N)C(C)C)cn1CC1CCN(C)C1. The highest BCUT2D eigenvalue weighted by Crippen LogP contribution is 2.21. The van der Waals surface area contributed by atoms with Crippen molar-refractivity contribution in [2.75, 3.05) is 20.1 Å². The molecule has 4 heteroatoms. The van der Waals surface area contributed by atoms with E-state index >= 15 is 0 Å². The lowest BCUT2D eigenvalue weighted by atomic mass is 10.0. The first-order valence-corrected chi connectivity index (χ1v) is 6.95. The molecule has 0 aromatic carbocycles. The molecule has 2 heterocycles. The Hall–Kier alpha value is -0.870. The van der Waals surface area contributed by atoms with Crippen molar-refractivity contribution in [2.45, 2.75) is 39.8 Å².